The second-order valence-electron chi connectivity index (χ2n) is 7.51. The molecule has 2 saturated carbocycles. The minimum atomic E-state index is -0.268. The van der Waals surface area contributed by atoms with Crippen molar-refractivity contribution in [2.75, 3.05) is 13.1 Å². The molecule has 3 heteroatoms. The molecule has 0 bridgehead atoms. The standard InChI is InChI=1S/C16H25NO2/c1-11-8-12-10-14(19)16-5-3-7-17(16)6-2-4-15(12,16)13(18)9-11/h11-13,18H,2-10H2,1H3/t11-,12+,13-,15-,16+/m1/s1. The van der Waals surface area contributed by atoms with Gasteiger partial charge in [0.2, 0.25) is 0 Å². The first-order valence-electron chi connectivity index (χ1n) is 8.07. The third-order valence-corrected chi connectivity index (χ3v) is 6.82. The van der Waals surface area contributed by atoms with Crippen LogP contribution in [0.1, 0.15) is 51.9 Å². The maximum absolute atomic E-state index is 12.9. The SMILES string of the molecule is C[C@@H]1C[C@H]2CC(=O)[C@]34CCCN3CCC[C@]24[C@H](O)C1. The van der Waals surface area contributed by atoms with Crippen LogP contribution in [0.2, 0.25) is 0 Å². The molecule has 0 unspecified atom stereocenters. The third-order valence-electron chi connectivity index (χ3n) is 6.82. The summed E-state index contributed by atoms with van der Waals surface area (Å²) in [6.45, 7) is 4.38. The first-order chi connectivity index (χ1) is 9.11. The summed E-state index contributed by atoms with van der Waals surface area (Å²) >= 11 is 0. The number of Topliss-reactive ketones (excluding diaryl/α,β-unsaturated/α-hetero) is 1. The van der Waals surface area contributed by atoms with Crippen molar-refractivity contribution in [2.45, 2.75) is 63.5 Å². The number of carbonyl (C=O) groups excluding carboxylic acids is 1. The Bertz CT molecular complexity index is 423. The summed E-state index contributed by atoms with van der Waals surface area (Å²) in [5.41, 5.74) is -0.360. The van der Waals surface area contributed by atoms with Crippen LogP contribution >= 0.6 is 0 Å². The first-order valence-corrected chi connectivity index (χ1v) is 8.07. The average molecular weight is 263 g/mol. The number of piperidine rings is 1. The normalized spacial score (nSPS) is 53.8. The summed E-state index contributed by atoms with van der Waals surface area (Å²) in [5.74, 6) is 1.48. The fourth-order valence-corrected chi connectivity index (χ4v) is 6.35. The summed E-state index contributed by atoms with van der Waals surface area (Å²) in [4.78, 5) is 15.3. The quantitative estimate of drug-likeness (QED) is 0.726. The van der Waals surface area contributed by atoms with Crippen molar-refractivity contribution in [1.29, 1.82) is 0 Å². The molecule has 2 heterocycles. The van der Waals surface area contributed by atoms with Crippen molar-refractivity contribution in [3.05, 3.63) is 0 Å². The smallest absolute Gasteiger partial charge is 0.154 e. The van der Waals surface area contributed by atoms with Gasteiger partial charge in [-0.05, 0) is 63.5 Å². The monoisotopic (exact) mass is 263 g/mol. The Morgan fingerprint density at radius 2 is 1.95 bits per heavy atom. The Morgan fingerprint density at radius 3 is 2.74 bits per heavy atom. The van der Waals surface area contributed by atoms with Crippen LogP contribution in [-0.4, -0.2) is 40.5 Å². The van der Waals surface area contributed by atoms with Gasteiger partial charge >= 0.3 is 0 Å². The van der Waals surface area contributed by atoms with E-state index in [1.54, 1.807) is 0 Å². The van der Waals surface area contributed by atoms with E-state index in [2.05, 4.69) is 11.8 Å². The number of aliphatic hydroxyl groups excluding tert-OH is 1. The minimum Gasteiger partial charge on any atom is -0.392 e. The minimum absolute atomic E-state index is 0.0919. The van der Waals surface area contributed by atoms with Crippen LogP contribution in [0.4, 0.5) is 0 Å². The van der Waals surface area contributed by atoms with Gasteiger partial charge in [0.05, 0.1) is 11.6 Å². The van der Waals surface area contributed by atoms with Crippen LogP contribution < -0.4 is 0 Å². The maximum atomic E-state index is 12.9. The van der Waals surface area contributed by atoms with E-state index in [1.807, 2.05) is 0 Å². The molecule has 4 fully saturated rings. The number of rotatable bonds is 0. The van der Waals surface area contributed by atoms with Crippen molar-refractivity contribution in [3.8, 4) is 0 Å². The van der Waals surface area contributed by atoms with E-state index in [-0.39, 0.29) is 17.1 Å². The van der Waals surface area contributed by atoms with Crippen LogP contribution in [0.25, 0.3) is 0 Å². The van der Waals surface area contributed by atoms with Gasteiger partial charge < -0.3 is 5.11 Å². The second-order valence-corrected chi connectivity index (χ2v) is 7.51. The highest BCUT2D eigenvalue weighted by Crippen LogP contribution is 2.65. The van der Waals surface area contributed by atoms with E-state index < -0.39 is 0 Å². The summed E-state index contributed by atoms with van der Waals surface area (Å²) in [6.07, 6.45) is 6.92. The highest BCUT2D eigenvalue weighted by molar-refractivity contribution is 5.93. The molecule has 2 saturated heterocycles. The second kappa shape index (κ2) is 3.82. The number of hydrogen-bond donors (Lipinski definition) is 1. The summed E-state index contributed by atoms with van der Waals surface area (Å²) in [5, 5.41) is 10.9. The first kappa shape index (κ1) is 12.3. The molecule has 0 aromatic rings. The lowest BCUT2D eigenvalue weighted by Crippen LogP contribution is -2.67. The third kappa shape index (κ3) is 1.25. The summed E-state index contributed by atoms with van der Waals surface area (Å²) < 4.78 is 0. The molecule has 1 N–H and O–H groups in total. The zero-order valence-corrected chi connectivity index (χ0v) is 11.9. The lowest BCUT2D eigenvalue weighted by Gasteiger charge is -2.58. The van der Waals surface area contributed by atoms with Crippen LogP contribution in [0.15, 0.2) is 0 Å². The summed E-state index contributed by atoms with van der Waals surface area (Å²) in [7, 11) is 0. The molecule has 5 atom stereocenters. The molecule has 3 nitrogen and oxygen atoms in total. The number of carbonyl (C=O) groups is 1. The molecule has 0 aromatic carbocycles. The zero-order chi connectivity index (χ0) is 13.3. The Labute approximate surface area is 115 Å². The lowest BCUT2D eigenvalue weighted by molar-refractivity contribution is -0.162. The lowest BCUT2D eigenvalue weighted by atomic mass is 9.53. The van der Waals surface area contributed by atoms with Gasteiger partial charge in [-0.25, -0.2) is 0 Å². The number of aliphatic hydroxyl groups is 1. The predicted octanol–water partition coefficient (Wildman–Crippen LogP) is 1.98. The molecule has 2 spiro atoms. The van der Waals surface area contributed by atoms with Gasteiger partial charge in [-0.1, -0.05) is 6.92 Å². The molecule has 0 amide bonds. The van der Waals surface area contributed by atoms with Crippen molar-refractivity contribution >= 4 is 5.78 Å². The van der Waals surface area contributed by atoms with Crippen LogP contribution in [0.3, 0.4) is 0 Å². The van der Waals surface area contributed by atoms with Gasteiger partial charge in [0, 0.05) is 11.8 Å². The molecule has 0 aromatic heterocycles. The molecule has 2 aliphatic carbocycles. The van der Waals surface area contributed by atoms with Gasteiger partial charge in [-0.2, -0.15) is 0 Å². The van der Waals surface area contributed by atoms with Crippen LogP contribution in [-0.2, 0) is 4.79 Å². The van der Waals surface area contributed by atoms with Gasteiger partial charge in [0.1, 0.15) is 0 Å². The Hall–Kier alpha value is -0.410. The van der Waals surface area contributed by atoms with E-state index >= 15 is 0 Å². The molecule has 0 radical (unpaired) electrons. The Kier molecular flexibility index (Phi) is 2.48. The van der Waals surface area contributed by atoms with E-state index in [1.165, 1.54) is 0 Å². The largest absolute Gasteiger partial charge is 0.392 e. The van der Waals surface area contributed by atoms with Gasteiger partial charge in [-0.15, -0.1) is 0 Å². The fraction of sp³-hybridized carbons (Fsp3) is 0.938. The predicted molar refractivity (Wildman–Crippen MR) is 72.7 cm³/mol. The van der Waals surface area contributed by atoms with Crippen molar-refractivity contribution in [2.24, 2.45) is 17.3 Å². The molecule has 19 heavy (non-hydrogen) atoms. The molecule has 4 aliphatic rings. The van der Waals surface area contributed by atoms with Gasteiger partial charge in [0.15, 0.2) is 5.78 Å². The van der Waals surface area contributed by atoms with Gasteiger partial charge in [-0.3, -0.25) is 9.69 Å². The number of ketones is 1. The Morgan fingerprint density at radius 1 is 1.21 bits per heavy atom. The molecule has 106 valence electrons. The molecular weight excluding hydrogens is 238 g/mol. The number of nitrogens with zero attached hydrogens (tertiary/aromatic N) is 1. The van der Waals surface area contributed by atoms with Crippen molar-refractivity contribution in [3.63, 3.8) is 0 Å². The fourth-order valence-electron chi connectivity index (χ4n) is 6.35. The summed E-state index contributed by atoms with van der Waals surface area (Å²) in [6, 6.07) is 0. The maximum Gasteiger partial charge on any atom is 0.154 e. The van der Waals surface area contributed by atoms with E-state index in [9.17, 15) is 9.90 Å². The van der Waals surface area contributed by atoms with E-state index in [0.717, 1.165) is 58.0 Å². The topological polar surface area (TPSA) is 40.5 Å². The van der Waals surface area contributed by atoms with Crippen LogP contribution in [0.5, 0.6) is 0 Å². The number of hydrogen-bond acceptors (Lipinski definition) is 3. The average Bonchev–Trinajstić information content (AvgIpc) is 2.89. The van der Waals surface area contributed by atoms with Crippen molar-refractivity contribution in [1.82, 2.24) is 4.90 Å². The zero-order valence-electron chi connectivity index (χ0n) is 11.9. The highest BCUT2D eigenvalue weighted by Gasteiger charge is 2.72. The molecular formula is C16H25NO2. The Balaban J connectivity index is 1.86. The molecule has 2 aliphatic heterocycles. The van der Waals surface area contributed by atoms with E-state index in [0.29, 0.717) is 17.6 Å². The highest BCUT2D eigenvalue weighted by atomic mass is 16.3. The molecule has 4 rings (SSSR count). The van der Waals surface area contributed by atoms with Crippen molar-refractivity contribution < 1.29 is 9.90 Å². The van der Waals surface area contributed by atoms with Gasteiger partial charge in [0.25, 0.3) is 0 Å². The van der Waals surface area contributed by atoms with E-state index in [4.69, 9.17) is 0 Å². The van der Waals surface area contributed by atoms with Crippen LogP contribution in [0, 0.1) is 17.3 Å².